The molecular weight excluding hydrogens is 266 g/mol. The average molecular weight is 293 g/mol. The zero-order valence-corrected chi connectivity index (χ0v) is 13.1. The molecule has 0 radical (unpaired) electrons. The lowest BCUT2D eigenvalue weighted by Crippen LogP contribution is -2.33. The van der Waals surface area contributed by atoms with Gasteiger partial charge < -0.3 is 20.5 Å². The third-order valence-electron chi connectivity index (χ3n) is 3.04. The molecule has 0 aliphatic carbocycles. The van der Waals surface area contributed by atoms with Gasteiger partial charge in [-0.3, -0.25) is 4.99 Å². The third-order valence-corrected chi connectivity index (χ3v) is 3.04. The SMILES string of the molecule is CCOCCCNC(N)=NCCCc1ccc(OC)cc1. The summed E-state index contributed by atoms with van der Waals surface area (Å²) in [6, 6.07) is 8.12. The van der Waals surface area contributed by atoms with Crippen molar-refractivity contribution in [2.75, 3.05) is 33.4 Å². The summed E-state index contributed by atoms with van der Waals surface area (Å²) in [4.78, 5) is 4.31. The zero-order chi connectivity index (χ0) is 15.3. The molecule has 0 atom stereocenters. The van der Waals surface area contributed by atoms with E-state index in [1.165, 1.54) is 5.56 Å². The summed E-state index contributed by atoms with van der Waals surface area (Å²) < 4.78 is 10.4. The number of hydrogen-bond acceptors (Lipinski definition) is 3. The van der Waals surface area contributed by atoms with Gasteiger partial charge in [-0.25, -0.2) is 0 Å². The van der Waals surface area contributed by atoms with Gasteiger partial charge in [0.05, 0.1) is 7.11 Å². The van der Waals surface area contributed by atoms with Crippen LogP contribution in [0, 0.1) is 0 Å². The fourth-order valence-corrected chi connectivity index (χ4v) is 1.87. The first-order valence-corrected chi connectivity index (χ1v) is 7.50. The van der Waals surface area contributed by atoms with Crippen molar-refractivity contribution < 1.29 is 9.47 Å². The number of benzene rings is 1. The molecule has 0 saturated heterocycles. The number of nitrogens with two attached hydrogens (primary N) is 1. The number of methoxy groups -OCH3 is 1. The van der Waals surface area contributed by atoms with E-state index in [2.05, 4.69) is 22.4 Å². The van der Waals surface area contributed by atoms with Crippen molar-refractivity contribution in [1.29, 1.82) is 0 Å². The molecule has 0 aliphatic heterocycles. The predicted octanol–water partition coefficient (Wildman–Crippen LogP) is 1.96. The van der Waals surface area contributed by atoms with Crippen LogP contribution in [0.15, 0.2) is 29.3 Å². The Hall–Kier alpha value is -1.75. The molecule has 0 unspecified atom stereocenters. The van der Waals surface area contributed by atoms with Gasteiger partial charge >= 0.3 is 0 Å². The first-order chi connectivity index (χ1) is 10.3. The highest BCUT2D eigenvalue weighted by Gasteiger charge is 1.95. The minimum atomic E-state index is 0.515. The Labute approximate surface area is 127 Å². The van der Waals surface area contributed by atoms with Crippen LogP contribution in [0.1, 0.15) is 25.3 Å². The monoisotopic (exact) mass is 293 g/mol. The van der Waals surface area contributed by atoms with Crippen molar-refractivity contribution in [2.45, 2.75) is 26.2 Å². The fraction of sp³-hybridized carbons (Fsp3) is 0.562. The lowest BCUT2D eigenvalue weighted by atomic mass is 10.1. The number of nitrogens with one attached hydrogen (secondary N) is 1. The Bertz CT molecular complexity index is 404. The highest BCUT2D eigenvalue weighted by molar-refractivity contribution is 5.77. The summed E-state index contributed by atoms with van der Waals surface area (Å²) in [6.07, 6.45) is 2.91. The summed E-state index contributed by atoms with van der Waals surface area (Å²) >= 11 is 0. The van der Waals surface area contributed by atoms with Crippen molar-refractivity contribution in [3.8, 4) is 5.75 Å². The van der Waals surface area contributed by atoms with Crippen LogP contribution in [0.3, 0.4) is 0 Å². The van der Waals surface area contributed by atoms with Crippen LogP contribution in [0.4, 0.5) is 0 Å². The van der Waals surface area contributed by atoms with Crippen molar-refractivity contribution in [3.05, 3.63) is 29.8 Å². The summed E-state index contributed by atoms with van der Waals surface area (Å²) in [6.45, 7) is 5.04. The first kappa shape index (κ1) is 17.3. The minimum absolute atomic E-state index is 0.515. The summed E-state index contributed by atoms with van der Waals surface area (Å²) in [5, 5.41) is 3.09. The maximum absolute atomic E-state index is 5.79. The molecule has 0 spiro atoms. The molecular formula is C16H27N3O2. The third kappa shape index (κ3) is 8.19. The van der Waals surface area contributed by atoms with E-state index in [1.54, 1.807) is 7.11 Å². The standard InChI is InChI=1S/C16H27N3O2/c1-3-21-13-5-12-19-16(17)18-11-4-6-14-7-9-15(20-2)10-8-14/h7-10H,3-6,11-13H2,1-2H3,(H3,17,18,19). The number of aliphatic imine (C=N–C) groups is 1. The van der Waals surface area contributed by atoms with E-state index >= 15 is 0 Å². The summed E-state index contributed by atoms with van der Waals surface area (Å²) in [5.41, 5.74) is 7.07. The molecule has 5 nitrogen and oxygen atoms in total. The minimum Gasteiger partial charge on any atom is -0.497 e. The Morgan fingerprint density at radius 1 is 1.24 bits per heavy atom. The molecule has 0 saturated carbocycles. The molecule has 0 aromatic heterocycles. The molecule has 1 aromatic rings. The highest BCUT2D eigenvalue weighted by atomic mass is 16.5. The van der Waals surface area contributed by atoms with Gasteiger partial charge in [-0.2, -0.15) is 0 Å². The number of ether oxygens (including phenoxy) is 2. The van der Waals surface area contributed by atoms with Crippen molar-refractivity contribution in [1.82, 2.24) is 5.32 Å². The smallest absolute Gasteiger partial charge is 0.188 e. The number of rotatable bonds is 10. The number of guanidine groups is 1. The normalized spacial score (nSPS) is 11.4. The van der Waals surface area contributed by atoms with Gasteiger partial charge in [0.1, 0.15) is 5.75 Å². The Morgan fingerprint density at radius 3 is 2.67 bits per heavy atom. The van der Waals surface area contributed by atoms with Crippen LogP contribution in [0.2, 0.25) is 0 Å². The van der Waals surface area contributed by atoms with Crippen LogP contribution >= 0.6 is 0 Å². The Kier molecular flexibility index (Phi) is 9.04. The summed E-state index contributed by atoms with van der Waals surface area (Å²) in [7, 11) is 1.67. The van der Waals surface area contributed by atoms with E-state index in [9.17, 15) is 0 Å². The van der Waals surface area contributed by atoms with Gasteiger partial charge in [0, 0.05) is 26.3 Å². The molecule has 5 heteroatoms. The van der Waals surface area contributed by atoms with E-state index in [0.717, 1.165) is 51.3 Å². The molecule has 0 heterocycles. The highest BCUT2D eigenvalue weighted by Crippen LogP contribution is 2.12. The van der Waals surface area contributed by atoms with E-state index in [0.29, 0.717) is 5.96 Å². The maximum atomic E-state index is 5.79. The summed E-state index contributed by atoms with van der Waals surface area (Å²) in [5.74, 6) is 1.40. The van der Waals surface area contributed by atoms with Crippen LogP contribution in [0.25, 0.3) is 0 Å². The first-order valence-electron chi connectivity index (χ1n) is 7.50. The van der Waals surface area contributed by atoms with Gasteiger partial charge in [0.2, 0.25) is 0 Å². The van der Waals surface area contributed by atoms with E-state index < -0.39 is 0 Å². The van der Waals surface area contributed by atoms with Gasteiger partial charge in [0.15, 0.2) is 5.96 Å². The molecule has 0 aliphatic rings. The lowest BCUT2D eigenvalue weighted by molar-refractivity contribution is 0.145. The average Bonchev–Trinajstić information content (AvgIpc) is 2.52. The van der Waals surface area contributed by atoms with Crippen LogP contribution in [-0.2, 0) is 11.2 Å². The van der Waals surface area contributed by atoms with Crippen LogP contribution in [0.5, 0.6) is 5.75 Å². The largest absolute Gasteiger partial charge is 0.497 e. The number of aryl methyl sites for hydroxylation is 1. The maximum Gasteiger partial charge on any atom is 0.188 e. The van der Waals surface area contributed by atoms with Crippen molar-refractivity contribution in [3.63, 3.8) is 0 Å². The molecule has 0 amide bonds. The lowest BCUT2D eigenvalue weighted by Gasteiger charge is -2.06. The van der Waals surface area contributed by atoms with E-state index in [4.69, 9.17) is 15.2 Å². The fourth-order valence-electron chi connectivity index (χ4n) is 1.87. The van der Waals surface area contributed by atoms with E-state index in [1.807, 2.05) is 19.1 Å². The predicted molar refractivity (Wildman–Crippen MR) is 86.9 cm³/mol. The molecule has 21 heavy (non-hydrogen) atoms. The molecule has 1 aromatic carbocycles. The number of nitrogens with zero attached hydrogens (tertiary/aromatic N) is 1. The van der Waals surface area contributed by atoms with Crippen LogP contribution in [-0.4, -0.2) is 39.4 Å². The topological polar surface area (TPSA) is 68.9 Å². The molecule has 0 bridgehead atoms. The zero-order valence-electron chi connectivity index (χ0n) is 13.1. The van der Waals surface area contributed by atoms with Gasteiger partial charge in [0.25, 0.3) is 0 Å². The second-order valence-corrected chi connectivity index (χ2v) is 4.70. The molecule has 1 rings (SSSR count). The Morgan fingerprint density at radius 2 is 2.00 bits per heavy atom. The molecule has 118 valence electrons. The van der Waals surface area contributed by atoms with Crippen molar-refractivity contribution >= 4 is 5.96 Å². The van der Waals surface area contributed by atoms with Gasteiger partial charge in [-0.05, 0) is 43.9 Å². The second kappa shape index (κ2) is 11.0. The van der Waals surface area contributed by atoms with Crippen molar-refractivity contribution in [2.24, 2.45) is 10.7 Å². The second-order valence-electron chi connectivity index (χ2n) is 4.70. The van der Waals surface area contributed by atoms with E-state index in [-0.39, 0.29) is 0 Å². The quantitative estimate of drug-likeness (QED) is 0.393. The Balaban J connectivity index is 2.12. The van der Waals surface area contributed by atoms with Gasteiger partial charge in [-0.15, -0.1) is 0 Å². The van der Waals surface area contributed by atoms with Gasteiger partial charge in [-0.1, -0.05) is 12.1 Å². The number of hydrogen-bond donors (Lipinski definition) is 2. The van der Waals surface area contributed by atoms with Crippen LogP contribution < -0.4 is 15.8 Å². The molecule has 3 N–H and O–H groups in total. The molecule has 0 fully saturated rings.